The number of aliphatic hydroxyl groups is 1. The first kappa shape index (κ1) is 22.6. The van der Waals surface area contributed by atoms with Crippen LogP contribution in [0.1, 0.15) is 35.2 Å². The van der Waals surface area contributed by atoms with Crippen LogP contribution in [0.15, 0.2) is 84.6 Å². The van der Waals surface area contributed by atoms with Gasteiger partial charge in [-0.2, -0.15) is 0 Å². The van der Waals surface area contributed by atoms with E-state index in [1.165, 1.54) is 29.2 Å². The van der Waals surface area contributed by atoms with Gasteiger partial charge in [-0.05, 0) is 59.9 Å². The lowest BCUT2D eigenvalue weighted by atomic mass is 9.94. The van der Waals surface area contributed by atoms with Crippen molar-refractivity contribution in [3.05, 3.63) is 113 Å². The quantitative estimate of drug-likeness (QED) is 0.222. The zero-order chi connectivity index (χ0) is 24.5. The SMILES string of the molecule is CCc1ccc([C@H]2C(=C(O)c3ccc(F)cc3)C(=O)C(=O)N2CCc2c[nH]c3ccccc23)cc1. The van der Waals surface area contributed by atoms with Crippen LogP contribution in [0.25, 0.3) is 16.7 Å². The molecular weight excluding hydrogens is 443 g/mol. The molecule has 1 amide bonds. The van der Waals surface area contributed by atoms with E-state index in [9.17, 15) is 19.1 Å². The van der Waals surface area contributed by atoms with E-state index in [1.54, 1.807) is 0 Å². The van der Waals surface area contributed by atoms with Gasteiger partial charge >= 0.3 is 0 Å². The summed E-state index contributed by atoms with van der Waals surface area (Å²) in [5.74, 6) is -2.15. The number of aryl methyl sites for hydroxylation is 1. The summed E-state index contributed by atoms with van der Waals surface area (Å²) in [5.41, 5.74) is 4.22. The normalized spacial score (nSPS) is 17.4. The zero-order valence-electron chi connectivity index (χ0n) is 19.3. The molecule has 2 heterocycles. The number of fused-ring (bicyclic) bond motifs is 1. The van der Waals surface area contributed by atoms with Crippen LogP contribution in [0.5, 0.6) is 0 Å². The molecule has 1 aromatic heterocycles. The van der Waals surface area contributed by atoms with Crippen LogP contribution >= 0.6 is 0 Å². The molecule has 1 fully saturated rings. The number of aromatic amines is 1. The van der Waals surface area contributed by atoms with Gasteiger partial charge in [0.2, 0.25) is 0 Å². The van der Waals surface area contributed by atoms with Gasteiger partial charge in [-0.25, -0.2) is 4.39 Å². The van der Waals surface area contributed by atoms with Crippen molar-refractivity contribution in [2.75, 3.05) is 6.54 Å². The molecule has 0 aliphatic carbocycles. The molecule has 4 aromatic rings. The van der Waals surface area contributed by atoms with E-state index in [2.05, 4.69) is 11.9 Å². The van der Waals surface area contributed by atoms with Crippen LogP contribution in [0.4, 0.5) is 4.39 Å². The van der Waals surface area contributed by atoms with Gasteiger partial charge in [0, 0.05) is 29.2 Å². The van der Waals surface area contributed by atoms with Crippen molar-refractivity contribution in [2.24, 2.45) is 0 Å². The van der Waals surface area contributed by atoms with Gasteiger partial charge < -0.3 is 15.0 Å². The van der Waals surface area contributed by atoms with Gasteiger partial charge in [-0.1, -0.05) is 49.4 Å². The summed E-state index contributed by atoms with van der Waals surface area (Å²) < 4.78 is 13.5. The number of para-hydroxylation sites is 1. The number of carbonyl (C=O) groups is 2. The van der Waals surface area contributed by atoms with E-state index in [0.717, 1.165) is 34.0 Å². The largest absolute Gasteiger partial charge is 0.507 e. The van der Waals surface area contributed by atoms with E-state index >= 15 is 0 Å². The van der Waals surface area contributed by atoms with Gasteiger partial charge in [0.25, 0.3) is 11.7 Å². The van der Waals surface area contributed by atoms with Crippen molar-refractivity contribution >= 4 is 28.4 Å². The van der Waals surface area contributed by atoms with Crippen LogP contribution in [-0.2, 0) is 22.4 Å². The maximum Gasteiger partial charge on any atom is 0.295 e. The van der Waals surface area contributed by atoms with Gasteiger partial charge in [-0.15, -0.1) is 0 Å². The minimum absolute atomic E-state index is 0.0183. The lowest BCUT2D eigenvalue weighted by Crippen LogP contribution is -2.31. The highest BCUT2D eigenvalue weighted by molar-refractivity contribution is 6.46. The van der Waals surface area contributed by atoms with Gasteiger partial charge in [0.1, 0.15) is 11.6 Å². The highest BCUT2D eigenvalue weighted by Crippen LogP contribution is 2.39. The third kappa shape index (κ3) is 4.12. The maximum atomic E-state index is 13.5. The first-order chi connectivity index (χ1) is 17.0. The first-order valence-corrected chi connectivity index (χ1v) is 11.7. The van der Waals surface area contributed by atoms with Gasteiger partial charge in [0.15, 0.2) is 0 Å². The molecule has 5 rings (SSSR count). The van der Waals surface area contributed by atoms with Crippen molar-refractivity contribution in [1.82, 2.24) is 9.88 Å². The molecule has 0 radical (unpaired) electrons. The molecule has 1 aliphatic rings. The Hall–Kier alpha value is -4.19. The Balaban J connectivity index is 1.56. The summed E-state index contributed by atoms with van der Waals surface area (Å²) in [5, 5.41) is 12.2. The second kappa shape index (κ2) is 9.22. The molecular formula is C29H25FN2O3. The molecule has 35 heavy (non-hydrogen) atoms. The Morgan fingerprint density at radius 3 is 2.43 bits per heavy atom. The smallest absolute Gasteiger partial charge is 0.295 e. The van der Waals surface area contributed by atoms with Crippen LogP contribution in [-0.4, -0.2) is 33.2 Å². The number of Topliss-reactive ketones (excluding diaryl/α,β-unsaturated/α-hetero) is 1. The lowest BCUT2D eigenvalue weighted by Gasteiger charge is -2.25. The number of hydrogen-bond donors (Lipinski definition) is 2. The average Bonchev–Trinajstić information content (AvgIpc) is 3.41. The molecule has 1 saturated heterocycles. The van der Waals surface area contributed by atoms with E-state index in [-0.39, 0.29) is 16.9 Å². The van der Waals surface area contributed by atoms with Crippen LogP contribution in [0.3, 0.4) is 0 Å². The van der Waals surface area contributed by atoms with Gasteiger partial charge in [-0.3, -0.25) is 9.59 Å². The molecule has 5 nitrogen and oxygen atoms in total. The third-order valence-electron chi connectivity index (χ3n) is 6.66. The number of aliphatic hydroxyl groups excluding tert-OH is 1. The number of ketones is 1. The number of carbonyl (C=O) groups excluding carboxylic acids is 2. The summed E-state index contributed by atoms with van der Waals surface area (Å²) in [6, 6.07) is 20.1. The Kier molecular flexibility index (Phi) is 5.95. The fraction of sp³-hybridized carbons (Fsp3) is 0.172. The molecule has 2 N–H and O–H groups in total. The molecule has 0 spiro atoms. The number of H-pyrrole nitrogens is 1. The minimum Gasteiger partial charge on any atom is -0.507 e. The molecule has 0 bridgehead atoms. The second-order valence-electron chi connectivity index (χ2n) is 8.70. The molecule has 1 atom stereocenters. The molecule has 3 aromatic carbocycles. The molecule has 1 aliphatic heterocycles. The number of nitrogens with zero attached hydrogens (tertiary/aromatic N) is 1. The average molecular weight is 469 g/mol. The van der Waals surface area contributed by atoms with E-state index < -0.39 is 23.5 Å². The summed E-state index contributed by atoms with van der Waals surface area (Å²) in [6.45, 7) is 2.35. The van der Waals surface area contributed by atoms with Crippen molar-refractivity contribution in [2.45, 2.75) is 25.8 Å². The predicted octanol–water partition coefficient (Wildman–Crippen LogP) is 5.53. The number of hydrogen-bond acceptors (Lipinski definition) is 3. The number of nitrogens with one attached hydrogen (secondary N) is 1. The highest BCUT2D eigenvalue weighted by Gasteiger charge is 2.45. The van der Waals surface area contributed by atoms with Crippen molar-refractivity contribution in [3.63, 3.8) is 0 Å². The Morgan fingerprint density at radius 1 is 1.00 bits per heavy atom. The van der Waals surface area contributed by atoms with Crippen molar-refractivity contribution < 1.29 is 19.1 Å². The Labute approximate surface area is 202 Å². The first-order valence-electron chi connectivity index (χ1n) is 11.7. The number of aromatic nitrogens is 1. The molecule has 0 unspecified atom stereocenters. The Bertz CT molecular complexity index is 1440. The summed E-state index contributed by atoms with van der Waals surface area (Å²) in [6.07, 6.45) is 3.32. The standard InChI is InChI=1S/C29H25FN2O3/c1-2-18-7-9-19(10-8-18)26-25(27(33)20-11-13-22(30)14-12-20)28(34)29(35)32(26)16-15-21-17-31-24-6-4-3-5-23(21)24/h3-14,17,26,31,33H,2,15-16H2,1H3/t26-/m0/s1. The van der Waals surface area contributed by atoms with E-state index in [1.807, 2.05) is 54.7 Å². The number of benzene rings is 3. The third-order valence-corrected chi connectivity index (χ3v) is 6.66. The minimum atomic E-state index is -0.740. The summed E-state index contributed by atoms with van der Waals surface area (Å²) in [4.78, 5) is 31.2. The molecule has 176 valence electrons. The highest BCUT2D eigenvalue weighted by atomic mass is 19.1. The number of rotatable bonds is 6. The molecule has 6 heteroatoms. The van der Waals surface area contributed by atoms with E-state index in [0.29, 0.717) is 13.0 Å². The van der Waals surface area contributed by atoms with E-state index in [4.69, 9.17) is 0 Å². The predicted molar refractivity (Wildman–Crippen MR) is 133 cm³/mol. The summed E-state index contributed by atoms with van der Waals surface area (Å²) >= 11 is 0. The van der Waals surface area contributed by atoms with Crippen molar-refractivity contribution in [1.29, 1.82) is 0 Å². The number of likely N-dealkylation sites (tertiary alicyclic amines) is 1. The van der Waals surface area contributed by atoms with Crippen LogP contribution < -0.4 is 0 Å². The lowest BCUT2D eigenvalue weighted by molar-refractivity contribution is -0.139. The fourth-order valence-corrected chi connectivity index (χ4v) is 4.74. The monoisotopic (exact) mass is 468 g/mol. The molecule has 0 saturated carbocycles. The van der Waals surface area contributed by atoms with Crippen molar-refractivity contribution in [3.8, 4) is 0 Å². The summed E-state index contributed by atoms with van der Waals surface area (Å²) in [7, 11) is 0. The number of halogens is 1. The van der Waals surface area contributed by atoms with Crippen LogP contribution in [0, 0.1) is 5.82 Å². The van der Waals surface area contributed by atoms with Gasteiger partial charge in [0.05, 0.1) is 11.6 Å². The second-order valence-corrected chi connectivity index (χ2v) is 8.70. The van der Waals surface area contributed by atoms with Crippen LogP contribution in [0.2, 0.25) is 0 Å². The fourth-order valence-electron chi connectivity index (χ4n) is 4.74. The zero-order valence-corrected chi connectivity index (χ0v) is 19.3. The maximum absolute atomic E-state index is 13.5. The number of amides is 1. The Morgan fingerprint density at radius 2 is 1.71 bits per heavy atom. The topological polar surface area (TPSA) is 73.4 Å².